The number of carbonyl (C=O) groups excluding carboxylic acids is 2. The highest BCUT2D eigenvalue weighted by Crippen LogP contribution is 2.24. The van der Waals surface area contributed by atoms with Crippen LogP contribution in [0.1, 0.15) is 21.6 Å². The molecule has 0 aliphatic heterocycles. The van der Waals surface area contributed by atoms with Crippen molar-refractivity contribution in [1.82, 2.24) is 5.32 Å². The van der Waals surface area contributed by atoms with E-state index in [1.165, 1.54) is 23.5 Å². The van der Waals surface area contributed by atoms with Crippen LogP contribution >= 0.6 is 11.3 Å². The maximum absolute atomic E-state index is 12.9. The predicted octanol–water partition coefficient (Wildman–Crippen LogP) is 4.60. The molecule has 0 fully saturated rings. The third kappa shape index (κ3) is 6.12. The van der Waals surface area contributed by atoms with E-state index in [1.807, 2.05) is 48.7 Å². The third-order valence-electron chi connectivity index (χ3n) is 4.10. The molecule has 0 saturated heterocycles. The van der Waals surface area contributed by atoms with Gasteiger partial charge in [-0.05, 0) is 47.7 Å². The molecule has 1 amide bonds. The molecule has 0 aliphatic rings. The van der Waals surface area contributed by atoms with Crippen LogP contribution in [0.2, 0.25) is 0 Å². The van der Waals surface area contributed by atoms with E-state index in [4.69, 9.17) is 4.74 Å². The minimum absolute atomic E-state index is 0.230. The van der Waals surface area contributed by atoms with Crippen molar-refractivity contribution in [3.8, 4) is 0 Å². The number of carbonyl (C=O) groups is 2. The van der Waals surface area contributed by atoms with Gasteiger partial charge in [-0.3, -0.25) is 4.79 Å². The fourth-order valence-electron chi connectivity index (χ4n) is 2.65. The normalized spacial score (nSPS) is 11.2. The molecule has 3 aromatic rings. The van der Waals surface area contributed by atoms with E-state index in [0.29, 0.717) is 5.57 Å². The zero-order valence-electron chi connectivity index (χ0n) is 15.9. The van der Waals surface area contributed by atoms with Gasteiger partial charge in [-0.25, -0.2) is 9.18 Å². The smallest absolute Gasteiger partial charge is 0.340 e. The van der Waals surface area contributed by atoms with E-state index in [2.05, 4.69) is 5.32 Å². The largest absolute Gasteiger partial charge is 0.452 e. The molecule has 4 nitrogen and oxygen atoms in total. The van der Waals surface area contributed by atoms with E-state index in [9.17, 15) is 14.0 Å². The zero-order valence-corrected chi connectivity index (χ0v) is 16.7. The highest BCUT2D eigenvalue weighted by molar-refractivity contribution is 7.11. The Kier molecular flexibility index (Phi) is 6.92. The van der Waals surface area contributed by atoms with Gasteiger partial charge in [-0.15, -0.1) is 11.3 Å². The summed E-state index contributed by atoms with van der Waals surface area (Å²) >= 11 is 1.43. The third-order valence-corrected chi connectivity index (χ3v) is 5.00. The number of esters is 1. The molecule has 3 rings (SSSR count). The van der Waals surface area contributed by atoms with Crippen LogP contribution in [0.4, 0.5) is 4.39 Å². The molecule has 0 atom stereocenters. The molecule has 1 N–H and O–H groups in total. The summed E-state index contributed by atoms with van der Waals surface area (Å²) in [7, 11) is 0. The van der Waals surface area contributed by atoms with Crippen LogP contribution in [-0.4, -0.2) is 18.5 Å². The van der Waals surface area contributed by atoms with Crippen LogP contribution in [0, 0.1) is 12.7 Å². The van der Waals surface area contributed by atoms with E-state index < -0.39 is 18.5 Å². The summed E-state index contributed by atoms with van der Waals surface area (Å²) < 4.78 is 18.1. The number of halogens is 1. The molecule has 0 bridgehead atoms. The van der Waals surface area contributed by atoms with Gasteiger partial charge in [0.2, 0.25) is 0 Å². The SMILES string of the molecule is Cc1cccc(/C=C(/C(=O)OCC(=O)NCc2ccc(F)cc2)c2cccs2)c1. The molecule has 0 saturated carbocycles. The van der Waals surface area contributed by atoms with Crippen molar-refractivity contribution in [1.29, 1.82) is 0 Å². The highest BCUT2D eigenvalue weighted by Gasteiger charge is 2.16. The zero-order chi connectivity index (χ0) is 20.6. The Labute approximate surface area is 172 Å². The van der Waals surface area contributed by atoms with Crippen LogP contribution in [0.3, 0.4) is 0 Å². The van der Waals surface area contributed by atoms with Crippen molar-refractivity contribution in [2.24, 2.45) is 0 Å². The van der Waals surface area contributed by atoms with E-state index in [0.717, 1.165) is 21.6 Å². The molecule has 0 unspecified atom stereocenters. The van der Waals surface area contributed by atoms with Gasteiger partial charge in [0, 0.05) is 11.4 Å². The lowest BCUT2D eigenvalue weighted by Gasteiger charge is -2.09. The molecule has 0 radical (unpaired) electrons. The molecule has 148 valence electrons. The number of benzene rings is 2. The Hall–Kier alpha value is -3.25. The minimum atomic E-state index is -0.564. The van der Waals surface area contributed by atoms with Gasteiger partial charge in [0.1, 0.15) is 5.82 Å². The summed E-state index contributed by atoms with van der Waals surface area (Å²) in [6.45, 7) is 1.82. The summed E-state index contributed by atoms with van der Waals surface area (Å²) in [6, 6.07) is 17.3. The van der Waals surface area contributed by atoms with Crippen LogP contribution in [0.25, 0.3) is 11.6 Å². The first-order chi connectivity index (χ1) is 14.0. The predicted molar refractivity (Wildman–Crippen MR) is 113 cm³/mol. The van der Waals surface area contributed by atoms with Crippen molar-refractivity contribution in [3.05, 3.63) is 93.4 Å². The summed E-state index contributed by atoms with van der Waals surface area (Å²) in [5, 5.41) is 4.53. The molecular formula is C23H20FNO3S. The second-order valence-corrected chi connectivity index (χ2v) is 7.38. The number of aryl methyl sites for hydroxylation is 1. The molecule has 2 aromatic carbocycles. The van der Waals surface area contributed by atoms with Crippen molar-refractivity contribution >= 4 is 34.9 Å². The first-order valence-electron chi connectivity index (χ1n) is 9.02. The Morgan fingerprint density at radius 2 is 1.90 bits per heavy atom. The van der Waals surface area contributed by atoms with Crippen LogP contribution in [0.15, 0.2) is 66.0 Å². The number of nitrogens with one attached hydrogen (secondary N) is 1. The Bertz CT molecular complexity index is 1010. The lowest BCUT2D eigenvalue weighted by Crippen LogP contribution is -2.28. The first-order valence-corrected chi connectivity index (χ1v) is 9.90. The minimum Gasteiger partial charge on any atom is -0.452 e. The summed E-state index contributed by atoms with van der Waals surface area (Å²) in [5.74, 6) is -1.33. The van der Waals surface area contributed by atoms with Gasteiger partial charge in [0.05, 0.1) is 5.57 Å². The van der Waals surface area contributed by atoms with Gasteiger partial charge >= 0.3 is 5.97 Å². The average Bonchev–Trinajstić information content (AvgIpc) is 3.24. The summed E-state index contributed by atoms with van der Waals surface area (Å²) in [6.07, 6.45) is 1.76. The van der Waals surface area contributed by atoms with Crippen molar-refractivity contribution < 1.29 is 18.7 Å². The lowest BCUT2D eigenvalue weighted by molar-refractivity contribution is -0.142. The molecule has 6 heteroatoms. The maximum Gasteiger partial charge on any atom is 0.340 e. The molecule has 1 heterocycles. The Morgan fingerprint density at radius 1 is 1.10 bits per heavy atom. The summed E-state index contributed by atoms with van der Waals surface area (Å²) in [5.41, 5.74) is 3.12. The fourth-order valence-corrected chi connectivity index (χ4v) is 3.38. The molecule has 0 aliphatic carbocycles. The second-order valence-electron chi connectivity index (χ2n) is 6.43. The first kappa shape index (κ1) is 20.5. The fraction of sp³-hybridized carbons (Fsp3) is 0.130. The van der Waals surface area contributed by atoms with Gasteiger partial charge in [0.15, 0.2) is 6.61 Å². The van der Waals surface area contributed by atoms with Gasteiger partial charge in [0.25, 0.3) is 5.91 Å². The standard InChI is InChI=1S/C23H20FNO3S/c1-16-4-2-5-18(12-16)13-20(21-6-3-11-29-21)23(27)28-15-22(26)25-14-17-7-9-19(24)10-8-17/h2-13H,14-15H2,1H3,(H,25,26)/b20-13+. The number of hydrogen-bond acceptors (Lipinski definition) is 4. The van der Waals surface area contributed by atoms with Crippen molar-refractivity contribution in [2.75, 3.05) is 6.61 Å². The van der Waals surface area contributed by atoms with Gasteiger partial charge in [-0.2, -0.15) is 0 Å². The van der Waals surface area contributed by atoms with Gasteiger partial charge in [-0.1, -0.05) is 48.0 Å². The number of ether oxygens (including phenoxy) is 1. The lowest BCUT2D eigenvalue weighted by atomic mass is 10.1. The number of hydrogen-bond donors (Lipinski definition) is 1. The Balaban J connectivity index is 1.62. The topological polar surface area (TPSA) is 55.4 Å². The second kappa shape index (κ2) is 9.80. The van der Waals surface area contributed by atoms with Crippen LogP contribution in [-0.2, 0) is 20.9 Å². The van der Waals surface area contributed by atoms with Gasteiger partial charge < -0.3 is 10.1 Å². The van der Waals surface area contributed by atoms with E-state index in [-0.39, 0.29) is 12.4 Å². The van der Waals surface area contributed by atoms with Crippen molar-refractivity contribution in [2.45, 2.75) is 13.5 Å². The molecular weight excluding hydrogens is 389 g/mol. The van der Waals surface area contributed by atoms with Crippen molar-refractivity contribution in [3.63, 3.8) is 0 Å². The number of amides is 1. The highest BCUT2D eigenvalue weighted by atomic mass is 32.1. The van der Waals surface area contributed by atoms with Crippen LogP contribution in [0.5, 0.6) is 0 Å². The maximum atomic E-state index is 12.9. The monoisotopic (exact) mass is 409 g/mol. The molecule has 29 heavy (non-hydrogen) atoms. The number of rotatable bonds is 7. The van der Waals surface area contributed by atoms with Crippen LogP contribution < -0.4 is 5.32 Å². The summed E-state index contributed by atoms with van der Waals surface area (Å²) in [4.78, 5) is 25.4. The molecule has 1 aromatic heterocycles. The van der Waals surface area contributed by atoms with E-state index in [1.54, 1.807) is 18.2 Å². The Morgan fingerprint density at radius 3 is 2.59 bits per heavy atom. The van der Waals surface area contributed by atoms with E-state index >= 15 is 0 Å². The quantitative estimate of drug-likeness (QED) is 0.459. The number of thiophene rings is 1. The average molecular weight is 409 g/mol. The molecule has 0 spiro atoms.